The summed E-state index contributed by atoms with van der Waals surface area (Å²) in [5.74, 6) is -0.908. The van der Waals surface area contributed by atoms with Crippen LogP contribution in [0.15, 0.2) is 30.3 Å². The van der Waals surface area contributed by atoms with Crippen molar-refractivity contribution >= 4 is 69.4 Å². The van der Waals surface area contributed by atoms with Gasteiger partial charge in [0.05, 0.1) is 38.1 Å². The number of imide groups is 1. The van der Waals surface area contributed by atoms with Crippen LogP contribution in [0, 0.1) is 0 Å². The van der Waals surface area contributed by atoms with Crippen LogP contribution in [0.3, 0.4) is 0 Å². The van der Waals surface area contributed by atoms with Gasteiger partial charge in [-0.3, -0.25) is 14.9 Å². The second-order valence-corrected chi connectivity index (χ2v) is 7.76. The molecule has 0 fully saturated rings. The van der Waals surface area contributed by atoms with Crippen LogP contribution in [-0.4, -0.2) is 16.9 Å². The monoisotopic (exact) mass is 422 g/mol. The lowest BCUT2D eigenvalue weighted by molar-refractivity contribution is -0.125. The van der Waals surface area contributed by atoms with E-state index in [-0.39, 0.29) is 22.3 Å². The number of hydrogen-bond acceptors (Lipinski definition) is 4. The molecule has 5 N–H and O–H groups in total. The number of hydrogen-bond donors (Lipinski definition) is 4. The van der Waals surface area contributed by atoms with Crippen LogP contribution < -0.4 is 21.7 Å². The average Bonchev–Trinajstić information content (AvgIpc) is 2.58. The predicted molar refractivity (Wildman–Crippen MR) is 113 cm³/mol. The molecule has 9 heteroatoms. The molecular formula is C18H16Cl2N4O2S. The molecule has 3 rings (SSSR count). The fraction of sp³-hybridized carbons (Fsp3) is 0.167. The lowest BCUT2D eigenvalue weighted by atomic mass is 9.77. The molecule has 2 aromatic rings. The van der Waals surface area contributed by atoms with Crippen molar-refractivity contribution in [3.63, 3.8) is 0 Å². The standard InChI is InChI=1S/C18H16Cl2N4O2S/c1-18(2)8-6-7-11(13(21)12(8)15(25)24-16(18)26)22-17(27)23-14-9(19)4-3-5-10(14)20/h3-7H,21H2,1-2H3,(H2,22,23,27)(H,24,25,26). The highest BCUT2D eigenvalue weighted by Crippen LogP contribution is 2.37. The van der Waals surface area contributed by atoms with E-state index >= 15 is 0 Å². The van der Waals surface area contributed by atoms with E-state index in [1.54, 1.807) is 44.2 Å². The van der Waals surface area contributed by atoms with Crippen molar-refractivity contribution in [2.24, 2.45) is 0 Å². The van der Waals surface area contributed by atoms with E-state index < -0.39 is 11.3 Å². The fourth-order valence-corrected chi connectivity index (χ4v) is 3.53. The summed E-state index contributed by atoms with van der Waals surface area (Å²) in [4.78, 5) is 24.4. The fourth-order valence-electron chi connectivity index (χ4n) is 2.82. The maximum absolute atomic E-state index is 12.3. The van der Waals surface area contributed by atoms with E-state index in [0.29, 0.717) is 27.0 Å². The summed E-state index contributed by atoms with van der Waals surface area (Å²) in [6, 6.07) is 8.43. The molecule has 1 heterocycles. The van der Waals surface area contributed by atoms with Gasteiger partial charge in [0.15, 0.2) is 5.11 Å². The van der Waals surface area contributed by atoms with Crippen LogP contribution in [0.5, 0.6) is 0 Å². The first-order valence-electron chi connectivity index (χ1n) is 7.93. The van der Waals surface area contributed by atoms with Crippen molar-refractivity contribution in [1.29, 1.82) is 0 Å². The lowest BCUT2D eigenvalue weighted by Crippen LogP contribution is -2.49. The van der Waals surface area contributed by atoms with Gasteiger partial charge in [0.25, 0.3) is 5.91 Å². The first-order valence-corrected chi connectivity index (χ1v) is 9.10. The molecule has 0 saturated heterocycles. The van der Waals surface area contributed by atoms with E-state index in [2.05, 4.69) is 16.0 Å². The van der Waals surface area contributed by atoms with Crippen LogP contribution in [0.1, 0.15) is 29.8 Å². The van der Waals surface area contributed by atoms with Gasteiger partial charge in [-0.15, -0.1) is 0 Å². The Morgan fingerprint density at radius 3 is 2.37 bits per heavy atom. The van der Waals surface area contributed by atoms with E-state index in [9.17, 15) is 9.59 Å². The number of nitrogen functional groups attached to an aromatic ring is 1. The zero-order valence-electron chi connectivity index (χ0n) is 14.4. The van der Waals surface area contributed by atoms with Crippen molar-refractivity contribution in [2.75, 3.05) is 16.4 Å². The van der Waals surface area contributed by atoms with Crippen LogP contribution in [0.4, 0.5) is 17.1 Å². The van der Waals surface area contributed by atoms with Gasteiger partial charge in [0.2, 0.25) is 5.91 Å². The van der Waals surface area contributed by atoms with Gasteiger partial charge < -0.3 is 16.4 Å². The maximum Gasteiger partial charge on any atom is 0.260 e. The number of carbonyl (C=O) groups excluding carboxylic acids is 2. The molecule has 1 aliphatic rings. The third kappa shape index (κ3) is 3.45. The van der Waals surface area contributed by atoms with Crippen molar-refractivity contribution < 1.29 is 9.59 Å². The molecule has 1 aliphatic heterocycles. The van der Waals surface area contributed by atoms with Gasteiger partial charge in [0, 0.05) is 0 Å². The zero-order chi connectivity index (χ0) is 19.9. The van der Waals surface area contributed by atoms with Crippen LogP contribution >= 0.6 is 35.4 Å². The lowest BCUT2D eigenvalue weighted by Gasteiger charge is -2.31. The summed E-state index contributed by atoms with van der Waals surface area (Å²) >= 11 is 17.5. The Kier molecular flexibility index (Phi) is 5.03. The van der Waals surface area contributed by atoms with Gasteiger partial charge in [-0.1, -0.05) is 35.3 Å². The number of nitrogens with one attached hydrogen (secondary N) is 3. The van der Waals surface area contributed by atoms with Gasteiger partial charge in [0.1, 0.15) is 0 Å². The summed E-state index contributed by atoms with van der Waals surface area (Å²) < 4.78 is 0. The highest BCUT2D eigenvalue weighted by atomic mass is 35.5. The number of carbonyl (C=O) groups is 2. The van der Waals surface area contributed by atoms with E-state index in [4.69, 9.17) is 41.2 Å². The number of thiocarbonyl (C=S) groups is 1. The van der Waals surface area contributed by atoms with Gasteiger partial charge in [-0.05, 0) is 49.8 Å². The minimum atomic E-state index is -0.875. The molecule has 2 amide bonds. The molecule has 2 aromatic carbocycles. The first-order chi connectivity index (χ1) is 12.6. The molecule has 0 saturated carbocycles. The van der Waals surface area contributed by atoms with Crippen molar-refractivity contribution in [3.05, 3.63) is 51.5 Å². The largest absolute Gasteiger partial charge is 0.396 e. The van der Waals surface area contributed by atoms with Gasteiger partial charge in [-0.2, -0.15) is 0 Å². The molecule has 0 radical (unpaired) electrons. The van der Waals surface area contributed by atoms with Gasteiger partial charge in [-0.25, -0.2) is 0 Å². The zero-order valence-corrected chi connectivity index (χ0v) is 16.8. The van der Waals surface area contributed by atoms with E-state index in [1.165, 1.54) is 0 Å². The molecule has 0 spiro atoms. The molecule has 0 aromatic heterocycles. The predicted octanol–water partition coefficient (Wildman–Crippen LogP) is 3.93. The summed E-state index contributed by atoms with van der Waals surface area (Å²) in [7, 11) is 0. The first kappa shape index (κ1) is 19.4. The summed E-state index contributed by atoms with van der Waals surface area (Å²) in [6.45, 7) is 3.46. The highest BCUT2D eigenvalue weighted by molar-refractivity contribution is 7.80. The molecule has 140 valence electrons. The number of benzene rings is 2. The molecule has 0 unspecified atom stereocenters. The highest BCUT2D eigenvalue weighted by Gasteiger charge is 2.40. The minimum absolute atomic E-state index is 0.194. The van der Waals surface area contributed by atoms with Crippen molar-refractivity contribution in [1.82, 2.24) is 5.32 Å². The third-order valence-electron chi connectivity index (χ3n) is 4.39. The smallest absolute Gasteiger partial charge is 0.260 e. The summed E-state index contributed by atoms with van der Waals surface area (Å²) in [5.41, 5.74) is 7.21. The molecule has 0 atom stereocenters. The normalized spacial score (nSPS) is 15.0. The third-order valence-corrected chi connectivity index (χ3v) is 5.22. The maximum atomic E-state index is 12.3. The Morgan fingerprint density at radius 2 is 1.74 bits per heavy atom. The second-order valence-electron chi connectivity index (χ2n) is 6.53. The molecular weight excluding hydrogens is 407 g/mol. The number of fused-ring (bicyclic) bond motifs is 1. The van der Waals surface area contributed by atoms with Crippen LogP contribution in [-0.2, 0) is 10.2 Å². The molecule has 0 aliphatic carbocycles. The number of nitrogens with two attached hydrogens (primary N) is 1. The summed E-state index contributed by atoms with van der Waals surface area (Å²) in [5, 5.41) is 9.20. The van der Waals surface area contributed by atoms with Crippen molar-refractivity contribution in [2.45, 2.75) is 19.3 Å². The molecule has 6 nitrogen and oxygen atoms in total. The topological polar surface area (TPSA) is 96.2 Å². The molecule has 27 heavy (non-hydrogen) atoms. The number of amides is 2. The number of halogens is 2. The number of para-hydroxylation sites is 1. The quantitative estimate of drug-likeness (QED) is 0.332. The van der Waals surface area contributed by atoms with E-state index in [1.807, 2.05) is 0 Å². The Balaban J connectivity index is 1.91. The van der Waals surface area contributed by atoms with Crippen LogP contribution in [0.25, 0.3) is 0 Å². The SMILES string of the molecule is CC1(C)C(=O)NC(=O)c2c1ccc(NC(=S)Nc1c(Cl)cccc1Cl)c2N. The van der Waals surface area contributed by atoms with Crippen LogP contribution in [0.2, 0.25) is 10.0 Å². The Hall–Kier alpha value is -2.35. The average molecular weight is 423 g/mol. The number of rotatable bonds is 2. The number of anilines is 3. The Morgan fingerprint density at radius 1 is 1.11 bits per heavy atom. The minimum Gasteiger partial charge on any atom is -0.396 e. The Labute approximate surface area is 171 Å². The van der Waals surface area contributed by atoms with Gasteiger partial charge >= 0.3 is 0 Å². The van der Waals surface area contributed by atoms with Crippen molar-refractivity contribution in [3.8, 4) is 0 Å². The molecule has 0 bridgehead atoms. The second kappa shape index (κ2) is 6.99. The summed E-state index contributed by atoms with van der Waals surface area (Å²) in [6.07, 6.45) is 0. The Bertz CT molecular complexity index is 971. The van der Waals surface area contributed by atoms with E-state index in [0.717, 1.165) is 0 Å².